The first kappa shape index (κ1) is 42.9. The van der Waals surface area contributed by atoms with Crippen LogP contribution < -0.4 is 14.2 Å². The second-order valence-corrected chi connectivity index (χ2v) is 20.3. The molecule has 0 N–H and O–H groups in total. The summed E-state index contributed by atoms with van der Waals surface area (Å²) in [5.74, 6) is 1.64. The minimum atomic E-state index is -4.41. The fraction of sp³-hybridized carbons (Fsp3) is 0.269. The van der Waals surface area contributed by atoms with Crippen molar-refractivity contribution < 1.29 is 40.5 Å². The van der Waals surface area contributed by atoms with Crippen LogP contribution in [0.1, 0.15) is 49.7 Å². The Morgan fingerprint density at radius 3 is 1.76 bits per heavy atom. The van der Waals surface area contributed by atoms with E-state index in [4.69, 9.17) is 32.1 Å². The van der Waals surface area contributed by atoms with Gasteiger partial charge in [0.15, 0.2) is 19.4 Å². The number of benzene rings is 7. The number of para-hydroxylation sites is 1. The minimum absolute atomic E-state index is 0.0386. The first-order valence-electron chi connectivity index (χ1n) is 21.7. The third-order valence-electron chi connectivity index (χ3n) is 11.4. The minimum Gasteiger partial charge on any atom is -0.466 e. The highest BCUT2D eigenvalue weighted by Gasteiger charge is 2.41. The van der Waals surface area contributed by atoms with Gasteiger partial charge in [0, 0.05) is 22.6 Å². The largest absolute Gasteiger partial charge is 0.466 e. The molecule has 2 saturated heterocycles. The van der Waals surface area contributed by atoms with Crippen LogP contribution in [-0.4, -0.2) is 47.6 Å². The topological polar surface area (TPSA) is 98.8 Å². The molecule has 2 unspecified atom stereocenters. The molecule has 0 bridgehead atoms. The maximum atomic E-state index is 14.7. The van der Waals surface area contributed by atoms with Gasteiger partial charge < -0.3 is 28.4 Å². The molecule has 2 aliphatic rings. The Kier molecular flexibility index (Phi) is 13.3. The van der Waals surface area contributed by atoms with Crippen LogP contribution in [0.15, 0.2) is 171 Å². The molecule has 11 heteroatoms. The van der Waals surface area contributed by atoms with Crippen LogP contribution in [0.2, 0.25) is 0 Å². The summed E-state index contributed by atoms with van der Waals surface area (Å²) in [7, 11) is -7.56. The molecular weight excluding hydrogens is 833 g/mol. The van der Waals surface area contributed by atoms with E-state index in [1.54, 1.807) is 24.3 Å². The smallest absolute Gasteiger partial charge is 0.307 e. The van der Waals surface area contributed by atoms with Crippen molar-refractivity contribution in [2.45, 2.75) is 84.0 Å². The lowest BCUT2D eigenvalue weighted by Crippen LogP contribution is -2.25. The molecular formula is C52H52O9S2. The van der Waals surface area contributed by atoms with Crippen LogP contribution in [0.5, 0.6) is 17.2 Å². The molecule has 0 aliphatic carbocycles. The molecule has 2 aliphatic heterocycles. The molecule has 0 spiro atoms. The lowest BCUT2D eigenvalue weighted by molar-refractivity contribution is -0.106. The second-order valence-electron chi connectivity index (χ2n) is 15.8. The van der Waals surface area contributed by atoms with Gasteiger partial charge in [-0.15, -0.1) is 0 Å². The lowest BCUT2D eigenvalue weighted by Gasteiger charge is -2.40. The van der Waals surface area contributed by atoms with Crippen LogP contribution in [-0.2, 0) is 34.4 Å². The summed E-state index contributed by atoms with van der Waals surface area (Å²) in [5.41, 5.74) is 2.11. The summed E-state index contributed by atoms with van der Waals surface area (Å²) >= 11 is 0. The van der Waals surface area contributed by atoms with E-state index in [9.17, 15) is 8.42 Å². The van der Waals surface area contributed by atoms with Gasteiger partial charge in [0.1, 0.15) is 17.2 Å². The van der Waals surface area contributed by atoms with Gasteiger partial charge in [-0.2, -0.15) is 8.42 Å². The van der Waals surface area contributed by atoms with Crippen molar-refractivity contribution in [2.75, 3.05) is 26.6 Å². The molecule has 7 aromatic carbocycles. The van der Waals surface area contributed by atoms with E-state index in [2.05, 4.69) is 54.6 Å². The Morgan fingerprint density at radius 1 is 0.587 bits per heavy atom. The van der Waals surface area contributed by atoms with Gasteiger partial charge in [0.2, 0.25) is 0 Å². The monoisotopic (exact) mass is 884 g/mol. The number of ether oxygens (including phenoxy) is 6. The lowest BCUT2D eigenvalue weighted by atomic mass is 9.96. The summed E-state index contributed by atoms with van der Waals surface area (Å²) in [6, 6.07) is 48.1. The van der Waals surface area contributed by atoms with Crippen molar-refractivity contribution in [3.05, 3.63) is 163 Å². The zero-order valence-corrected chi connectivity index (χ0v) is 37.0. The van der Waals surface area contributed by atoms with E-state index in [0.29, 0.717) is 58.2 Å². The van der Waals surface area contributed by atoms with E-state index < -0.39 is 20.4 Å². The highest BCUT2D eigenvalue weighted by Crippen LogP contribution is 2.72. The summed E-state index contributed by atoms with van der Waals surface area (Å²) in [6.45, 7) is 3.53. The standard InChI is InChI=1S/C52H52O9S2/c1-38-20-26-45(27-21-38)63(53,54)61-62(43-28-22-41(23-29-43)59-51-18-8-10-33-56-51,44-30-24-42(25-31-44)60-52-19-9-11-34-57-52)50-17-7-6-16-49(50)58-37-55-35-32-40-36-39-12-2-3-13-46(39)48-15-5-4-14-47(40)48/h2-7,12-17,20-31,36,51-52H,8-11,18-19,32-35,37H2,1H3. The Balaban J connectivity index is 1.07. The third kappa shape index (κ3) is 9.74. The number of aryl methyl sites for hydroxylation is 1. The van der Waals surface area contributed by atoms with E-state index in [1.807, 2.05) is 79.7 Å². The number of hydrogen-bond donors (Lipinski definition) is 0. The Bertz CT molecular complexity index is 2660. The van der Waals surface area contributed by atoms with Crippen molar-refractivity contribution >= 4 is 42.0 Å². The predicted octanol–water partition coefficient (Wildman–Crippen LogP) is 12.3. The summed E-state index contributed by atoms with van der Waals surface area (Å²) in [5, 5.41) is 4.80. The van der Waals surface area contributed by atoms with Gasteiger partial charge in [0.25, 0.3) is 0 Å². The highest BCUT2D eigenvalue weighted by atomic mass is 32.3. The van der Waals surface area contributed by atoms with Crippen molar-refractivity contribution in [3.8, 4) is 17.2 Å². The maximum absolute atomic E-state index is 14.7. The first-order chi connectivity index (χ1) is 30.9. The van der Waals surface area contributed by atoms with Crippen molar-refractivity contribution in [2.24, 2.45) is 0 Å². The van der Waals surface area contributed by atoms with Gasteiger partial charge in [-0.25, -0.2) is 3.63 Å². The van der Waals surface area contributed by atoms with Crippen molar-refractivity contribution in [3.63, 3.8) is 0 Å². The molecule has 326 valence electrons. The van der Waals surface area contributed by atoms with E-state index >= 15 is 0 Å². The van der Waals surface area contributed by atoms with Crippen molar-refractivity contribution in [1.82, 2.24) is 0 Å². The van der Waals surface area contributed by atoms with Gasteiger partial charge in [-0.1, -0.05) is 84.4 Å². The molecule has 2 atom stereocenters. The summed E-state index contributed by atoms with van der Waals surface area (Å²) in [4.78, 5) is 1.80. The fourth-order valence-electron chi connectivity index (χ4n) is 8.21. The number of fused-ring (bicyclic) bond motifs is 3. The highest BCUT2D eigenvalue weighted by molar-refractivity contribution is 8.33. The predicted molar refractivity (Wildman–Crippen MR) is 246 cm³/mol. The molecule has 63 heavy (non-hydrogen) atoms. The number of rotatable bonds is 16. The quantitative estimate of drug-likeness (QED) is 0.0533. The van der Waals surface area contributed by atoms with E-state index in [0.717, 1.165) is 44.1 Å². The number of hydrogen-bond acceptors (Lipinski definition) is 9. The van der Waals surface area contributed by atoms with E-state index in [1.165, 1.54) is 27.1 Å². The summed E-state index contributed by atoms with van der Waals surface area (Å²) < 4.78 is 73.1. The van der Waals surface area contributed by atoms with Crippen LogP contribution in [0.3, 0.4) is 0 Å². The van der Waals surface area contributed by atoms with Gasteiger partial charge in [0.05, 0.1) is 29.6 Å². The second kappa shape index (κ2) is 19.6. The Morgan fingerprint density at radius 2 is 1.14 bits per heavy atom. The molecule has 0 aromatic heterocycles. The van der Waals surface area contributed by atoms with Crippen LogP contribution in [0.25, 0.3) is 21.5 Å². The molecule has 0 saturated carbocycles. The molecule has 9 rings (SSSR count). The average Bonchev–Trinajstić information content (AvgIpc) is 3.32. The van der Waals surface area contributed by atoms with Crippen LogP contribution >= 0.6 is 10.3 Å². The van der Waals surface area contributed by atoms with E-state index in [-0.39, 0.29) is 24.3 Å². The van der Waals surface area contributed by atoms with Gasteiger partial charge >= 0.3 is 10.1 Å². The van der Waals surface area contributed by atoms with Gasteiger partial charge in [-0.3, -0.25) is 0 Å². The SMILES string of the molecule is Cc1ccc(S(=O)(=O)OS(c2ccc(OC3CCCCO3)cc2)(c2ccc(OC3CCCCO3)cc2)c2ccccc2OCOCCc2cc3ccccc3c3ccccc23)cc1. The third-order valence-corrected chi connectivity index (χ3v) is 16.7. The molecule has 0 amide bonds. The summed E-state index contributed by atoms with van der Waals surface area (Å²) in [6.07, 6.45) is 5.60. The molecule has 0 radical (unpaired) electrons. The molecule has 2 fully saturated rings. The zero-order chi connectivity index (χ0) is 43.1. The zero-order valence-electron chi connectivity index (χ0n) is 35.4. The van der Waals surface area contributed by atoms with Gasteiger partial charge in [-0.05, 0) is 149 Å². The van der Waals surface area contributed by atoms with Crippen molar-refractivity contribution in [1.29, 1.82) is 0 Å². The maximum Gasteiger partial charge on any atom is 0.307 e. The normalized spacial score (nSPS) is 18.4. The van der Waals surface area contributed by atoms with Crippen LogP contribution in [0, 0.1) is 6.92 Å². The fourth-order valence-corrected chi connectivity index (χ4v) is 13.5. The Labute approximate surface area is 371 Å². The first-order valence-corrected chi connectivity index (χ1v) is 24.6. The molecule has 9 nitrogen and oxygen atoms in total. The average molecular weight is 885 g/mol. The molecule has 7 aromatic rings. The molecule has 2 heterocycles. The van der Waals surface area contributed by atoms with Crippen LogP contribution in [0.4, 0.5) is 0 Å². The Hall–Kier alpha value is -5.40.